The van der Waals surface area contributed by atoms with Crippen molar-refractivity contribution in [1.82, 2.24) is 5.32 Å². The number of aryl methyl sites for hydroxylation is 2. The molecule has 4 rings (SSSR count). The van der Waals surface area contributed by atoms with Gasteiger partial charge in [0.15, 0.2) is 0 Å². The summed E-state index contributed by atoms with van der Waals surface area (Å²) in [5, 5.41) is 5.82. The third-order valence-corrected chi connectivity index (χ3v) is 5.42. The van der Waals surface area contributed by atoms with Crippen LogP contribution in [0.15, 0.2) is 25.4 Å². The van der Waals surface area contributed by atoms with Crippen LogP contribution in [0.5, 0.6) is 0 Å². The van der Waals surface area contributed by atoms with E-state index < -0.39 is 0 Å². The summed E-state index contributed by atoms with van der Waals surface area (Å²) < 4.78 is 13.0. The van der Waals surface area contributed by atoms with Gasteiger partial charge in [0.25, 0.3) is 0 Å². The second kappa shape index (κ2) is 5.43. The summed E-state index contributed by atoms with van der Waals surface area (Å²) in [6.45, 7) is 6.25. The summed E-state index contributed by atoms with van der Waals surface area (Å²) >= 11 is 3.70. The average Bonchev–Trinajstić information content (AvgIpc) is 3.08. The second-order valence-electron chi connectivity index (χ2n) is 6.41. The fourth-order valence-corrected chi connectivity index (χ4v) is 4.23. The van der Waals surface area contributed by atoms with Crippen LogP contribution in [-0.2, 0) is 6.42 Å². The largest absolute Gasteiger partial charge is 0.461 e. The van der Waals surface area contributed by atoms with Crippen LogP contribution in [0.25, 0.3) is 21.9 Å². The summed E-state index contributed by atoms with van der Waals surface area (Å²) in [6.07, 6.45) is 3.58. The van der Waals surface area contributed by atoms with Crippen LogP contribution in [0.3, 0.4) is 0 Å². The highest BCUT2D eigenvalue weighted by atomic mass is 79.9. The van der Waals surface area contributed by atoms with Gasteiger partial charge in [0.2, 0.25) is 0 Å². The van der Waals surface area contributed by atoms with E-state index in [9.17, 15) is 0 Å². The quantitative estimate of drug-likeness (QED) is 0.689. The molecular formula is C18H20BrNO2. The minimum Gasteiger partial charge on any atom is -0.461 e. The zero-order chi connectivity index (χ0) is 15.3. The van der Waals surface area contributed by atoms with Crippen LogP contribution in [0, 0.1) is 19.8 Å². The number of nitrogens with one attached hydrogen (secondary N) is 1. The van der Waals surface area contributed by atoms with Crippen LogP contribution >= 0.6 is 15.9 Å². The number of hydrogen-bond donors (Lipinski definition) is 1. The summed E-state index contributed by atoms with van der Waals surface area (Å²) in [7, 11) is 0. The van der Waals surface area contributed by atoms with Crippen LogP contribution < -0.4 is 5.32 Å². The summed E-state index contributed by atoms with van der Waals surface area (Å²) in [6, 6.07) is 4.24. The lowest BCUT2D eigenvalue weighted by Crippen LogP contribution is -2.30. The highest BCUT2D eigenvalue weighted by Crippen LogP contribution is 2.40. The zero-order valence-electron chi connectivity index (χ0n) is 13.0. The Hall–Kier alpha value is -1.26. The first-order valence-electron chi connectivity index (χ1n) is 7.95. The van der Waals surface area contributed by atoms with Crippen molar-refractivity contribution in [2.75, 3.05) is 13.1 Å². The second-order valence-corrected chi connectivity index (χ2v) is 7.20. The molecule has 0 amide bonds. The number of piperidine rings is 1. The van der Waals surface area contributed by atoms with Gasteiger partial charge in [-0.3, -0.25) is 0 Å². The molecule has 1 aromatic carbocycles. The van der Waals surface area contributed by atoms with Crippen molar-refractivity contribution in [3.05, 3.63) is 33.7 Å². The summed E-state index contributed by atoms with van der Waals surface area (Å²) in [4.78, 5) is 0. The fraction of sp³-hybridized carbons (Fsp3) is 0.444. The molecule has 1 unspecified atom stereocenters. The van der Waals surface area contributed by atoms with Crippen molar-refractivity contribution in [1.29, 1.82) is 0 Å². The molecule has 116 valence electrons. The molecule has 3 aromatic rings. The SMILES string of the molecule is Cc1cc2c(CC3CCCNC3)c3oc(C)cc3c(Br)c2o1. The minimum absolute atomic E-state index is 0.668. The normalized spacial score (nSPS) is 19.3. The van der Waals surface area contributed by atoms with E-state index in [2.05, 4.69) is 33.4 Å². The molecule has 1 fully saturated rings. The molecule has 1 saturated heterocycles. The molecular weight excluding hydrogens is 342 g/mol. The highest BCUT2D eigenvalue weighted by molar-refractivity contribution is 9.10. The predicted octanol–water partition coefficient (Wildman–Crippen LogP) is 5.10. The Labute approximate surface area is 138 Å². The maximum absolute atomic E-state index is 6.05. The fourth-order valence-electron chi connectivity index (χ4n) is 3.64. The maximum atomic E-state index is 6.05. The number of rotatable bonds is 2. The molecule has 3 nitrogen and oxygen atoms in total. The van der Waals surface area contributed by atoms with Crippen LogP contribution in [0.1, 0.15) is 29.9 Å². The molecule has 1 N–H and O–H groups in total. The van der Waals surface area contributed by atoms with E-state index in [1.165, 1.54) is 23.8 Å². The molecule has 2 aromatic heterocycles. The third kappa shape index (κ3) is 2.29. The van der Waals surface area contributed by atoms with Gasteiger partial charge < -0.3 is 14.2 Å². The van der Waals surface area contributed by atoms with Crippen molar-refractivity contribution < 1.29 is 8.83 Å². The molecule has 0 aliphatic carbocycles. The Kier molecular flexibility index (Phi) is 3.54. The predicted molar refractivity (Wildman–Crippen MR) is 92.5 cm³/mol. The molecule has 0 bridgehead atoms. The number of furan rings is 2. The van der Waals surface area contributed by atoms with Crippen molar-refractivity contribution >= 4 is 37.9 Å². The van der Waals surface area contributed by atoms with E-state index in [0.29, 0.717) is 5.92 Å². The van der Waals surface area contributed by atoms with E-state index in [1.807, 2.05) is 13.8 Å². The number of hydrogen-bond acceptors (Lipinski definition) is 3. The minimum atomic E-state index is 0.668. The van der Waals surface area contributed by atoms with Crippen LogP contribution in [0.2, 0.25) is 0 Å². The van der Waals surface area contributed by atoms with Gasteiger partial charge in [-0.1, -0.05) is 0 Å². The number of benzene rings is 1. The molecule has 1 aliphatic heterocycles. The van der Waals surface area contributed by atoms with Crippen molar-refractivity contribution in [2.24, 2.45) is 5.92 Å². The molecule has 4 heteroatoms. The van der Waals surface area contributed by atoms with Gasteiger partial charge in [0, 0.05) is 16.3 Å². The first kappa shape index (κ1) is 14.3. The van der Waals surface area contributed by atoms with Gasteiger partial charge in [-0.25, -0.2) is 0 Å². The van der Waals surface area contributed by atoms with Gasteiger partial charge in [-0.2, -0.15) is 0 Å². The van der Waals surface area contributed by atoms with Gasteiger partial charge in [-0.15, -0.1) is 0 Å². The van der Waals surface area contributed by atoms with E-state index in [0.717, 1.165) is 52.1 Å². The van der Waals surface area contributed by atoms with Crippen molar-refractivity contribution in [3.8, 4) is 0 Å². The van der Waals surface area contributed by atoms with Gasteiger partial charge >= 0.3 is 0 Å². The molecule has 0 radical (unpaired) electrons. The van der Waals surface area contributed by atoms with E-state index in [-0.39, 0.29) is 0 Å². The van der Waals surface area contributed by atoms with Gasteiger partial charge in [0.05, 0.1) is 4.47 Å². The highest BCUT2D eigenvalue weighted by Gasteiger charge is 2.22. The van der Waals surface area contributed by atoms with E-state index in [4.69, 9.17) is 8.83 Å². The molecule has 1 aliphatic rings. The lowest BCUT2D eigenvalue weighted by Gasteiger charge is -2.23. The number of fused-ring (bicyclic) bond motifs is 2. The summed E-state index contributed by atoms with van der Waals surface area (Å²) in [5.74, 6) is 2.56. The van der Waals surface area contributed by atoms with E-state index >= 15 is 0 Å². The lowest BCUT2D eigenvalue weighted by atomic mass is 9.90. The first-order valence-corrected chi connectivity index (χ1v) is 8.74. The molecule has 22 heavy (non-hydrogen) atoms. The monoisotopic (exact) mass is 361 g/mol. The number of halogens is 1. The molecule has 3 heterocycles. The van der Waals surface area contributed by atoms with Gasteiger partial charge in [-0.05, 0) is 80.2 Å². The average molecular weight is 362 g/mol. The standard InChI is InChI=1S/C18H20BrNO2/c1-10-6-13-14(8-12-4-3-5-20-9-12)17-15(7-11(2)21-17)16(19)18(13)22-10/h6-7,12,20H,3-5,8-9H2,1-2H3. The Balaban J connectivity index is 1.93. The van der Waals surface area contributed by atoms with E-state index in [1.54, 1.807) is 0 Å². The molecule has 0 saturated carbocycles. The third-order valence-electron chi connectivity index (χ3n) is 4.64. The Morgan fingerprint density at radius 1 is 1.14 bits per heavy atom. The van der Waals surface area contributed by atoms with Crippen molar-refractivity contribution in [2.45, 2.75) is 33.1 Å². The molecule has 0 spiro atoms. The van der Waals surface area contributed by atoms with Crippen molar-refractivity contribution in [3.63, 3.8) is 0 Å². The lowest BCUT2D eigenvalue weighted by molar-refractivity contribution is 0.376. The smallest absolute Gasteiger partial charge is 0.149 e. The Morgan fingerprint density at radius 2 is 1.86 bits per heavy atom. The summed E-state index contributed by atoms with van der Waals surface area (Å²) in [5.41, 5.74) is 3.26. The maximum Gasteiger partial charge on any atom is 0.149 e. The first-order chi connectivity index (χ1) is 10.6. The van der Waals surface area contributed by atoms with Crippen LogP contribution in [-0.4, -0.2) is 13.1 Å². The van der Waals surface area contributed by atoms with Gasteiger partial charge in [0.1, 0.15) is 22.7 Å². The Bertz CT molecular complexity index is 782. The van der Waals surface area contributed by atoms with Crippen LogP contribution in [0.4, 0.5) is 0 Å². The topological polar surface area (TPSA) is 38.3 Å². The molecule has 1 atom stereocenters. The Morgan fingerprint density at radius 3 is 2.59 bits per heavy atom. The zero-order valence-corrected chi connectivity index (χ0v) is 14.5.